The minimum Gasteiger partial charge on any atom is -0.388 e. The average molecular weight is 559 g/mol. The number of aliphatic imine (C=N–C) groups is 1. The number of allylic oxidation sites excluding steroid dienone is 1. The number of fused-ring (bicyclic) bond motifs is 1. The molecule has 4 atom stereocenters. The largest absolute Gasteiger partial charge is 0.388 e. The van der Waals surface area contributed by atoms with Crippen LogP contribution >= 0.6 is 35.0 Å². The number of rotatable bonds is 5. The van der Waals surface area contributed by atoms with Crippen molar-refractivity contribution in [3.63, 3.8) is 0 Å². The summed E-state index contributed by atoms with van der Waals surface area (Å²) in [4.78, 5) is 33.8. The van der Waals surface area contributed by atoms with Gasteiger partial charge in [-0.1, -0.05) is 68.2 Å². The van der Waals surface area contributed by atoms with Gasteiger partial charge >= 0.3 is 11.9 Å². The molecule has 1 N–H and O–H groups in total. The molecule has 5 rings (SSSR count). The highest BCUT2D eigenvalue weighted by Crippen LogP contribution is 2.56. The molecular formula is C28H29Cl2N3O3S. The Bertz CT molecular complexity index is 1290. The van der Waals surface area contributed by atoms with Gasteiger partial charge in [0.2, 0.25) is 0 Å². The van der Waals surface area contributed by atoms with Crippen molar-refractivity contribution in [2.45, 2.75) is 51.7 Å². The number of hydrogen-bond donors (Lipinski definition) is 1. The molecule has 3 aliphatic rings. The molecule has 1 saturated heterocycles. The maximum absolute atomic E-state index is 13.4. The summed E-state index contributed by atoms with van der Waals surface area (Å²) >= 11 is 13.7. The van der Waals surface area contributed by atoms with Crippen molar-refractivity contribution in [2.24, 2.45) is 16.8 Å². The number of esters is 2. The Morgan fingerprint density at radius 2 is 1.73 bits per heavy atom. The van der Waals surface area contributed by atoms with Gasteiger partial charge in [-0.2, -0.15) is 0 Å². The quantitative estimate of drug-likeness (QED) is 0.343. The van der Waals surface area contributed by atoms with Gasteiger partial charge in [0.25, 0.3) is 0 Å². The van der Waals surface area contributed by atoms with Crippen molar-refractivity contribution < 1.29 is 14.3 Å². The number of hydrogen-bond acceptors (Lipinski definition) is 7. The molecule has 0 aromatic heterocycles. The smallest absolute Gasteiger partial charge is 0.354 e. The number of carbonyl (C=O) groups excluding carboxylic acids is 2. The van der Waals surface area contributed by atoms with Crippen molar-refractivity contribution in [3.8, 4) is 0 Å². The predicted molar refractivity (Wildman–Crippen MR) is 148 cm³/mol. The van der Waals surface area contributed by atoms with Crippen LogP contribution in [0, 0.1) is 11.8 Å². The molecule has 0 saturated carbocycles. The van der Waals surface area contributed by atoms with E-state index in [1.54, 1.807) is 0 Å². The zero-order chi connectivity index (χ0) is 26.5. The van der Waals surface area contributed by atoms with Gasteiger partial charge in [0.15, 0.2) is 5.17 Å². The average Bonchev–Trinajstić information content (AvgIpc) is 3.52. The van der Waals surface area contributed by atoms with Gasteiger partial charge in [0.05, 0.1) is 6.04 Å². The van der Waals surface area contributed by atoms with E-state index in [0.29, 0.717) is 20.1 Å². The monoisotopic (exact) mass is 557 g/mol. The summed E-state index contributed by atoms with van der Waals surface area (Å²) < 4.78 is 5.41. The van der Waals surface area contributed by atoms with Gasteiger partial charge in [-0.05, 0) is 78.9 Å². The molecule has 2 aromatic carbocycles. The molecule has 0 spiro atoms. The van der Waals surface area contributed by atoms with Gasteiger partial charge in [0, 0.05) is 15.7 Å². The zero-order valence-electron chi connectivity index (χ0n) is 21.1. The van der Waals surface area contributed by atoms with E-state index in [-0.39, 0.29) is 17.9 Å². The topological polar surface area (TPSA) is 71.0 Å². The molecule has 3 aliphatic heterocycles. The van der Waals surface area contributed by atoms with Gasteiger partial charge in [-0.3, -0.25) is 0 Å². The molecular weight excluding hydrogens is 529 g/mol. The van der Waals surface area contributed by atoms with Crippen molar-refractivity contribution in [2.75, 3.05) is 6.54 Å². The van der Waals surface area contributed by atoms with Crippen LogP contribution in [0.2, 0.25) is 10.0 Å². The van der Waals surface area contributed by atoms with E-state index in [1.165, 1.54) is 11.8 Å². The van der Waals surface area contributed by atoms with Crippen LogP contribution in [0.1, 0.15) is 51.3 Å². The molecule has 2 aromatic rings. The number of thioether (sulfide) groups is 1. The Morgan fingerprint density at radius 1 is 1.11 bits per heavy atom. The standard InChI is InChI=1S/C28H29Cl2N3O3S/c1-15(2)22-23(26(35)36-25(34)21-16(3)13-14-31-21)37-27-32-28(4,18-7-11-20(30)12-8-18)24(33(22)27)17-5-9-19(29)10-6-17/h5-12,15-16,21,24,31H,13-14H2,1-4H3/t16-,21+,24-,28+/m1/s1. The fourth-order valence-corrected chi connectivity index (χ4v) is 6.94. The highest BCUT2D eigenvalue weighted by atomic mass is 35.5. The first-order valence-electron chi connectivity index (χ1n) is 12.4. The lowest BCUT2D eigenvalue weighted by Crippen LogP contribution is -2.38. The third kappa shape index (κ3) is 4.71. The summed E-state index contributed by atoms with van der Waals surface area (Å²) in [6.07, 6.45) is 0.874. The summed E-state index contributed by atoms with van der Waals surface area (Å²) in [6, 6.07) is 14.7. The van der Waals surface area contributed by atoms with Gasteiger partial charge < -0.3 is 15.0 Å². The molecule has 6 nitrogen and oxygen atoms in total. The Morgan fingerprint density at radius 3 is 2.30 bits per heavy atom. The Balaban J connectivity index is 1.55. The Kier molecular flexibility index (Phi) is 7.18. The summed E-state index contributed by atoms with van der Waals surface area (Å²) in [6.45, 7) is 8.88. The molecule has 9 heteroatoms. The molecule has 0 bridgehead atoms. The first-order valence-corrected chi connectivity index (χ1v) is 14.0. The Labute approximate surface area is 231 Å². The molecule has 0 aliphatic carbocycles. The zero-order valence-corrected chi connectivity index (χ0v) is 23.5. The summed E-state index contributed by atoms with van der Waals surface area (Å²) in [5.41, 5.74) is 2.15. The predicted octanol–water partition coefficient (Wildman–Crippen LogP) is 6.30. The van der Waals surface area contributed by atoms with Crippen LogP contribution in [0.25, 0.3) is 0 Å². The third-order valence-corrected chi connectivity index (χ3v) is 8.89. The van der Waals surface area contributed by atoms with Crippen LogP contribution in [0.4, 0.5) is 0 Å². The van der Waals surface area contributed by atoms with Crippen molar-refractivity contribution in [3.05, 3.63) is 80.3 Å². The first kappa shape index (κ1) is 26.3. The molecule has 3 heterocycles. The van der Waals surface area contributed by atoms with Crippen LogP contribution in [-0.4, -0.2) is 34.6 Å². The third-order valence-electron chi connectivity index (χ3n) is 7.34. The number of carbonyl (C=O) groups is 2. The van der Waals surface area contributed by atoms with Crippen molar-refractivity contribution >= 4 is 52.1 Å². The van der Waals surface area contributed by atoms with E-state index >= 15 is 0 Å². The lowest BCUT2D eigenvalue weighted by atomic mass is 9.81. The highest BCUT2D eigenvalue weighted by Gasteiger charge is 2.53. The summed E-state index contributed by atoms with van der Waals surface area (Å²) in [5, 5.41) is 5.13. The van der Waals surface area contributed by atoms with Crippen LogP contribution in [0.15, 0.2) is 64.1 Å². The van der Waals surface area contributed by atoms with E-state index in [2.05, 4.69) is 17.1 Å². The number of halogens is 2. The van der Waals surface area contributed by atoms with E-state index in [0.717, 1.165) is 29.8 Å². The van der Waals surface area contributed by atoms with Crippen LogP contribution in [-0.2, 0) is 19.9 Å². The second-order valence-electron chi connectivity index (χ2n) is 10.3. The SMILES string of the molecule is CC(C)C1=C(C(=O)OC(=O)[C@H]2NCC[C@H]2C)SC2=N[C@@](C)(c3ccc(Cl)cc3)[C@@H](c3ccc(Cl)cc3)N21. The van der Waals surface area contributed by atoms with Gasteiger partial charge in [-0.25, -0.2) is 14.6 Å². The van der Waals surface area contributed by atoms with E-state index < -0.39 is 23.5 Å². The molecule has 0 radical (unpaired) electrons. The summed E-state index contributed by atoms with van der Waals surface area (Å²) in [5.74, 6) is -1.05. The Hall–Kier alpha value is -2.32. The van der Waals surface area contributed by atoms with E-state index in [4.69, 9.17) is 32.9 Å². The highest BCUT2D eigenvalue weighted by molar-refractivity contribution is 8.18. The van der Waals surface area contributed by atoms with Crippen molar-refractivity contribution in [1.29, 1.82) is 0 Å². The molecule has 1 fully saturated rings. The number of benzene rings is 2. The normalized spacial score (nSPS) is 27.1. The van der Waals surface area contributed by atoms with Gasteiger partial charge in [-0.15, -0.1) is 0 Å². The van der Waals surface area contributed by atoms with E-state index in [9.17, 15) is 9.59 Å². The molecule has 0 unspecified atom stereocenters. The summed E-state index contributed by atoms with van der Waals surface area (Å²) in [7, 11) is 0. The maximum Gasteiger partial charge on any atom is 0.354 e. The number of amidine groups is 1. The first-order chi connectivity index (χ1) is 17.6. The number of nitrogens with zero attached hydrogens (tertiary/aromatic N) is 2. The second kappa shape index (κ2) is 10.1. The maximum atomic E-state index is 13.4. The molecule has 194 valence electrons. The second-order valence-corrected chi connectivity index (χ2v) is 12.1. The van der Waals surface area contributed by atoms with Crippen molar-refractivity contribution in [1.82, 2.24) is 10.2 Å². The van der Waals surface area contributed by atoms with Gasteiger partial charge in [0.1, 0.15) is 16.5 Å². The fourth-order valence-electron chi connectivity index (χ4n) is 5.41. The molecule has 0 amide bonds. The van der Waals surface area contributed by atoms with E-state index in [1.807, 2.05) is 69.3 Å². The minimum atomic E-state index is -0.657. The van der Waals surface area contributed by atoms with Crippen LogP contribution in [0.3, 0.4) is 0 Å². The lowest BCUT2D eigenvalue weighted by Gasteiger charge is -2.37. The molecule has 37 heavy (non-hydrogen) atoms. The van der Waals surface area contributed by atoms with Crippen LogP contribution in [0.5, 0.6) is 0 Å². The van der Waals surface area contributed by atoms with Crippen LogP contribution < -0.4 is 5.32 Å². The lowest BCUT2D eigenvalue weighted by molar-refractivity contribution is -0.158. The number of nitrogens with one attached hydrogen (secondary N) is 1. The number of ether oxygens (including phenoxy) is 1. The fraction of sp³-hybridized carbons (Fsp3) is 0.393. The minimum absolute atomic E-state index is 0.0243.